The lowest BCUT2D eigenvalue weighted by Gasteiger charge is -2.25. The molecule has 0 saturated carbocycles. The third-order valence-electron chi connectivity index (χ3n) is 8.77. The first-order valence-electron chi connectivity index (χ1n) is 15.3. The van der Waals surface area contributed by atoms with E-state index in [2.05, 4.69) is 29.4 Å². The summed E-state index contributed by atoms with van der Waals surface area (Å²) in [5, 5.41) is 6.80. The molecule has 0 spiro atoms. The molecule has 2 aromatic carbocycles. The van der Waals surface area contributed by atoms with Crippen molar-refractivity contribution in [3.05, 3.63) is 84.7 Å². The zero-order chi connectivity index (χ0) is 31.8. The van der Waals surface area contributed by atoms with Crippen molar-refractivity contribution in [3.63, 3.8) is 0 Å². The minimum atomic E-state index is -0.645. The zero-order valence-electron chi connectivity index (χ0n) is 25.2. The number of imidazole rings is 1. The van der Waals surface area contributed by atoms with Crippen LogP contribution in [0.25, 0.3) is 11.2 Å². The number of hydrogen-bond acceptors (Lipinski definition) is 6. The first kappa shape index (κ1) is 31.3. The Morgan fingerprint density at radius 1 is 1.07 bits per heavy atom. The predicted molar refractivity (Wildman–Crippen MR) is 175 cm³/mol. The molecule has 2 aliphatic heterocycles. The standard InChI is InChI=1S/C32H36Cl2FN7O3/c1-19(2)9-12-40-28-29(38-31(40)39-14-11-21-16-36-17-26(21)39)41(13-10-20-3-6-23(35)7-4-20)32(45)42(30(28)44)18-27(43)37-25-8-5-22(33)15-24(25)34/h3-8,15,19,21,26,36H,9-14,16-18H2,1-2H3,(H,37,43). The minimum absolute atomic E-state index is 0.181. The zero-order valence-corrected chi connectivity index (χ0v) is 26.7. The quantitative estimate of drug-likeness (QED) is 0.260. The maximum atomic E-state index is 14.2. The fourth-order valence-corrected chi connectivity index (χ4v) is 6.81. The number of carbonyl (C=O) groups is 1. The number of amides is 1. The second-order valence-electron chi connectivity index (χ2n) is 12.3. The molecule has 2 fully saturated rings. The van der Waals surface area contributed by atoms with Gasteiger partial charge in [0.1, 0.15) is 12.4 Å². The van der Waals surface area contributed by atoms with Gasteiger partial charge in [-0.25, -0.2) is 13.8 Å². The van der Waals surface area contributed by atoms with E-state index in [1.165, 1.54) is 22.8 Å². The lowest BCUT2D eigenvalue weighted by molar-refractivity contribution is -0.116. The van der Waals surface area contributed by atoms with Gasteiger partial charge in [0, 0.05) is 43.8 Å². The van der Waals surface area contributed by atoms with Gasteiger partial charge in [0.2, 0.25) is 11.9 Å². The molecule has 238 valence electrons. The lowest BCUT2D eigenvalue weighted by Crippen LogP contribution is -2.43. The van der Waals surface area contributed by atoms with Crippen molar-refractivity contribution >= 4 is 51.9 Å². The molecule has 4 aromatic rings. The Labute approximate surface area is 269 Å². The highest BCUT2D eigenvalue weighted by atomic mass is 35.5. The second-order valence-corrected chi connectivity index (χ2v) is 13.1. The molecule has 13 heteroatoms. The van der Waals surface area contributed by atoms with Gasteiger partial charge in [-0.15, -0.1) is 0 Å². The molecule has 2 aliphatic rings. The molecule has 10 nitrogen and oxygen atoms in total. The van der Waals surface area contributed by atoms with Crippen LogP contribution in [0.4, 0.5) is 16.0 Å². The number of nitrogens with zero attached hydrogens (tertiary/aromatic N) is 5. The average Bonchev–Trinajstić information content (AvgIpc) is 3.72. The number of halogens is 3. The number of hydrogen-bond donors (Lipinski definition) is 2. The Balaban J connectivity index is 1.46. The molecule has 0 radical (unpaired) electrons. The summed E-state index contributed by atoms with van der Waals surface area (Å²) < 4.78 is 18.0. The molecule has 2 atom stereocenters. The van der Waals surface area contributed by atoms with Crippen molar-refractivity contribution in [2.24, 2.45) is 11.8 Å². The van der Waals surface area contributed by atoms with Crippen LogP contribution in [0.15, 0.2) is 52.1 Å². The topological polar surface area (TPSA) is 106 Å². The Bertz CT molecular complexity index is 1850. The third-order valence-corrected chi connectivity index (χ3v) is 9.32. The van der Waals surface area contributed by atoms with Crippen molar-refractivity contribution in [1.82, 2.24) is 24.0 Å². The molecule has 4 heterocycles. The lowest BCUT2D eigenvalue weighted by atomic mass is 10.1. The summed E-state index contributed by atoms with van der Waals surface area (Å²) in [5.41, 5.74) is 0.494. The van der Waals surface area contributed by atoms with Gasteiger partial charge in [-0.3, -0.25) is 14.2 Å². The van der Waals surface area contributed by atoms with E-state index < -0.39 is 23.7 Å². The van der Waals surface area contributed by atoms with Crippen LogP contribution in [0.5, 0.6) is 0 Å². The molecule has 2 aromatic heterocycles. The molecule has 0 aliphatic carbocycles. The summed E-state index contributed by atoms with van der Waals surface area (Å²) in [5.74, 6) is 0.581. The van der Waals surface area contributed by atoms with E-state index in [-0.39, 0.29) is 34.6 Å². The van der Waals surface area contributed by atoms with Crippen molar-refractivity contribution < 1.29 is 9.18 Å². The van der Waals surface area contributed by atoms with Crippen LogP contribution >= 0.6 is 23.2 Å². The summed E-state index contributed by atoms with van der Waals surface area (Å²) in [6, 6.07) is 11.0. The first-order chi connectivity index (χ1) is 21.6. The van der Waals surface area contributed by atoms with E-state index >= 15 is 0 Å². The van der Waals surface area contributed by atoms with Crippen molar-refractivity contribution in [2.45, 2.75) is 58.8 Å². The number of anilines is 2. The Morgan fingerprint density at radius 2 is 1.84 bits per heavy atom. The van der Waals surface area contributed by atoms with E-state index in [0.29, 0.717) is 41.5 Å². The SMILES string of the molecule is CC(C)CCn1c(N2CCC3CNCC32)nc2c1c(=O)n(CC(=O)Nc1ccc(Cl)cc1Cl)c(=O)n2CCc1ccc(F)cc1. The van der Waals surface area contributed by atoms with Gasteiger partial charge < -0.3 is 20.1 Å². The monoisotopic (exact) mass is 655 g/mol. The highest BCUT2D eigenvalue weighted by molar-refractivity contribution is 6.36. The van der Waals surface area contributed by atoms with E-state index in [1.54, 1.807) is 24.3 Å². The van der Waals surface area contributed by atoms with Gasteiger partial charge in [0.25, 0.3) is 5.56 Å². The summed E-state index contributed by atoms with van der Waals surface area (Å²) in [4.78, 5) is 48.8. The number of fused-ring (bicyclic) bond motifs is 2. The van der Waals surface area contributed by atoms with Crippen molar-refractivity contribution in [2.75, 3.05) is 29.9 Å². The first-order valence-corrected chi connectivity index (χ1v) is 16.1. The predicted octanol–water partition coefficient (Wildman–Crippen LogP) is 4.53. The number of carbonyl (C=O) groups excluding carboxylic acids is 1. The molecule has 2 unspecified atom stereocenters. The number of rotatable bonds is 10. The van der Waals surface area contributed by atoms with Crippen molar-refractivity contribution in [1.29, 1.82) is 0 Å². The van der Waals surface area contributed by atoms with Gasteiger partial charge in [0.15, 0.2) is 11.2 Å². The van der Waals surface area contributed by atoms with Crippen LogP contribution in [0.1, 0.15) is 32.3 Å². The summed E-state index contributed by atoms with van der Waals surface area (Å²) in [6.45, 7) is 7.00. The van der Waals surface area contributed by atoms with Gasteiger partial charge in [0.05, 0.1) is 10.7 Å². The van der Waals surface area contributed by atoms with E-state index in [9.17, 15) is 18.8 Å². The largest absolute Gasteiger partial charge is 0.338 e. The Kier molecular flexibility index (Phi) is 9.03. The molecule has 2 saturated heterocycles. The fraction of sp³-hybridized carbons (Fsp3) is 0.438. The number of benzene rings is 2. The van der Waals surface area contributed by atoms with Gasteiger partial charge >= 0.3 is 5.69 Å². The maximum absolute atomic E-state index is 14.2. The summed E-state index contributed by atoms with van der Waals surface area (Å²) in [6.07, 6.45) is 2.20. The van der Waals surface area contributed by atoms with Crippen LogP contribution in [0, 0.1) is 17.7 Å². The Morgan fingerprint density at radius 3 is 2.58 bits per heavy atom. The van der Waals surface area contributed by atoms with Crippen LogP contribution in [-0.2, 0) is 30.8 Å². The molecule has 2 N–H and O–H groups in total. The highest BCUT2D eigenvalue weighted by Crippen LogP contribution is 2.33. The average molecular weight is 657 g/mol. The second kappa shape index (κ2) is 13.0. The van der Waals surface area contributed by atoms with Gasteiger partial charge in [-0.05, 0) is 67.0 Å². The van der Waals surface area contributed by atoms with Crippen LogP contribution in [-0.4, -0.2) is 50.3 Å². The number of aromatic nitrogens is 4. The van der Waals surface area contributed by atoms with Crippen LogP contribution in [0.2, 0.25) is 10.0 Å². The van der Waals surface area contributed by atoms with E-state index in [4.69, 9.17) is 28.2 Å². The smallest absolute Gasteiger partial charge is 0.333 e. The van der Waals surface area contributed by atoms with Crippen LogP contribution in [0.3, 0.4) is 0 Å². The molecule has 45 heavy (non-hydrogen) atoms. The molecule has 0 bridgehead atoms. The number of aryl methyl sites for hydroxylation is 3. The van der Waals surface area contributed by atoms with Gasteiger partial charge in [-0.2, -0.15) is 4.98 Å². The highest BCUT2D eigenvalue weighted by Gasteiger charge is 2.40. The minimum Gasteiger partial charge on any atom is -0.338 e. The summed E-state index contributed by atoms with van der Waals surface area (Å²) >= 11 is 12.3. The third kappa shape index (κ3) is 6.39. The molecular weight excluding hydrogens is 620 g/mol. The molecule has 6 rings (SSSR count). The van der Waals surface area contributed by atoms with E-state index in [0.717, 1.165) is 42.6 Å². The van der Waals surface area contributed by atoms with Crippen molar-refractivity contribution in [3.8, 4) is 0 Å². The molecule has 1 amide bonds. The summed E-state index contributed by atoms with van der Waals surface area (Å²) in [7, 11) is 0. The normalized spacial score (nSPS) is 17.9. The Hall–Kier alpha value is -3.67. The van der Waals surface area contributed by atoms with E-state index in [1.807, 2.05) is 4.57 Å². The molecular formula is C32H36Cl2FN7O3. The van der Waals surface area contributed by atoms with Crippen LogP contribution < -0.4 is 26.8 Å². The van der Waals surface area contributed by atoms with Gasteiger partial charge in [-0.1, -0.05) is 49.2 Å². The fourth-order valence-electron chi connectivity index (χ4n) is 6.35. The maximum Gasteiger partial charge on any atom is 0.333 e. The number of nitrogens with one attached hydrogen (secondary N) is 2.